The molecule has 0 aliphatic heterocycles. The molecule has 0 aliphatic rings. The van der Waals surface area contributed by atoms with Gasteiger partial charge in [0.15, 0.2) is 0 Å². The Labute approximate surface area is 124 Å². The zero-order valence-corrected chi connectivity index (χ0v) is 12.2. The molecule has 2 N–H and O–H groups in total. The van der Waals surface area contributed by atoms with Crippen molar-refractivity contribution in [1.82, 2.24) is 0 Å². The summed E-state index contributed by atoms with van der Waals surface area (Å²) in [6.45, 7) is 2.06. The van der Waals surface area contributed by atoms with Crippen molar-refractivity contribution in [3.8, 4) is 5.75 Å². The van der Waals surface area contributed by atoms with Gasteiger partial charge in [-0.1, -0.05) is 37.3 Å². The van der Waals surface area contributed by atoms with Gasteiger partial charge in [-0.25, -0.2) is 4.79 Å². The summed E-state index contributed by atoms with van der Waals surface area (Å²) in [4.78, 5) is 11.3. The molecule has 0 aromatic heterocycles. The van der Waals surface area contributed by atoms with Crippen LogP contribution in [0.3, 0.4) is 0 Å². The minimum atomic E-state index is -0.955. The van der Waals surface area contributed by atoms with Gasteiger partial charge in [0, 0.05) is 6.07 Å². The Kier molecular flexibility index (Phi) is 4.82. The SMILES string of the molecule is CCC(Nc1cc(OC)ccc1C(=O)O)c1ccccc1. The number of rotatable bonds is 6. The zero-order chi connectivity index (χ0) is 15.2. The van der Waals surface area contributed by atoms with Gasteiger partial charge in [0.2, 0.25) is 0 Å². The molecule has 0 radical (unpaired) electrons. The first-order valence-electron chi connectivity index (χ1n) is 6.88. The first kappa shape index (κ1) is 14.9. The lowest BCUT2D eigenvalue weighted by molar-refractivity contribution is 0.0698. The number of hydrogen-bond acceptors (Lipinski definition) is 3. The largest absolute Gasteiger partial charge is 0.497 e. The molecule has 1 unspecified atom stereocenters. The molecule has 0 spiro atoms. The maximum Gasteiger partial charge on any atom is 0.337 e. The lowest BCUT2D eigenvalue weighted by Crippen LogP contribution is -2.13. The number of methoxy groups -OCH3 is 1. The molecule has 0 saturated heterocycles. The van der Waals surface area contributed by atoms with E-state index in [4.69, 9.17) is 4.74 Å². The molecule has 0 saturated carbocycles. The third kappa shape index (κ3) is 3.54. The number of ether oxygens (including phenoxy) is 1. The van der Waals surface area contributed by atoms with Crippen LogP contribution in [0.25, 0.3) is 0 Å². The molecule has 21 heavy (non-hydrogen) atoms. The number of aromatic carboxylic acids is 1. The molecule has 2 rings (SSSR count). The number of benzene rings is 2. The van der Waals surface area contributed by atoms with E-state index in [-0.39, 0.29) is 11.6 Å². The molecule has 0 amide bonds. The Hall–Kier alpha value is -2.49. The number of anilines is 1. The van der Waals surface area contributed by atoms with E-state index in [1.165, 1.54) is 0 Å². The molecule has 2 aromatic rings. The number of carbonyl (C=O) groups is 1. The molecule has 0 fully saturated rings. The Morgan fingerprint density at radius 3 is 2.52 bits per heavy atom. The minimum absolute atomic E-state index is 0.0522. The highest BCUT2D eigenvalue weighted by Gasteiger charge is 2.15. The van der Waals surface area contributed by atoms with Crippen LogP contribution in [-0.4, -0.2) is 18.2 Å². The van der Waals surface area contributed by atoms with E-state index in [1.54, 1.807) is 25.3 Å². The predicted octanol–water partition coefficient (Wildman–Crippen LogP) is 3.96. The van der Waals surface area contributed by atoms with Gasteiger partial charge in [0.05, 0.1) is 24.4 Å². The lowest BCUT2D eigenvalue weighted by atomic mass is 10.0. The first-order chi connectivity index (χ1) is 10.2. The summed E-state index contributed by atoms with van der Waals surface area (Å²) in [5.41, 5.74) is 1.93. The van der Waals surface area contributed by atoms with Crippen molar-refractivity contribution in [3.63, 3.8) is 0 Å². The van der Waals surface area contributed by atoms with Crippen molar-refractivity contribution in [3.05, 3.63) is 59.7 Å². The third-order valence-corrected chi connectivity index (χ3v) is 3.40. The van der Waals surface area contributed by atoms with Crippen LogP contribution in [-0.2, 0) is 0 Å². The van der Waals surface area contributed by atoms with Crippen LogP contribution < -0.4 is 10.1 Å². The van der Waals surface area contributed by atoms with Gasteiger partial charge < -0.3 is 15.2 Å². The molecular weight excluding hydrogens is 266 g/mol. The van der Waals surface area contributed by atoms with Gasteiger partial charge in [0.1, 0.15) is 5.75 Å². The van der Waals surface area contributed by atoms with Gasteiger partial charge in [0.25, 0.3) is 0 Å². The second-order valence-electron chi connectivity index (χ2n) is 4.73. The third-order valence-electron chi connectivity index (χ3n) is 3.40. The molecule has 110 valence electrons. The zero-order valence-electron chi connectivity index (χ0n) is 12.2. The smallest absolute Gasteiger partial charge is 0.337 e. The normalized spacial score (nSPS) is 11.7. The Morgan fingerprint density at radius 1 is 1.24 bits per heavy atom. The average molecular weight is 285 g/mol. The molecular formula is C17H19NO3. The average Bonchev–Trinajstić information content (AvgIpc) is 2.53. The van der Waals surface area contributed by atoms with E-state index < -0.39 is 5.97 Å². The highest BCUT2D eigenvalue weighted by Crippen LogP contribution is 2.28. The summed E-state index contributed by atoms with van der Waals surface area (Å²) in [6, 6.07) is 15.0. The molecule has 4 nitrogen and oxygen atoms in total. The summed E-state index contributed by atoms with van der Waals surface area (Å²) in [6.07, 6.45) is 0.848. The van der Waals surface area contributed by atoms with Crippen LogP contribution in [0, 0.1) is 0 Å². The van der Waals surface area contributed by atoms with Gasteiger partial charge in [-0.3, -0.25) is 0 Å². The van der Waals surface area contributed by atoms with Gasteiger partial charge >= 0.3 is 5.97 Å². The molecule has 0 bridgehead atoms. The van der Waals surface area contributed by atoms with Crippen molar-refractivity contribution in [2.75, 3.05) is 12.4 Å². The number of carboxylic acid groups (broad SMARTS) is 1. The van der Waals surface area contributed by atoms with Crippen molar-refractivity contribution in [2.45, 2.75) is 19.4 Å². The summed E-state index contributed by atoms with van der Waals surface area (Å²) in [5, 5.41) is 12.6. The predicted molar refractivity (Wildman–Crippen MR) is 83.1 cm³/mol. The Bertz CT molecular complexity index is 611. The summed E-state index contributed by atoms with van der Waals surface area (Å²) in [5.74, 6) is -0.325. The number of hydrogen-bond donors (Lipinski definition) is 2. The molecule has 4 heteroatoms. The summed E-state index contributed by atoms with van der Waals surface area (Å²) >= 11 is 0. The fraction of sp³-hybridized carbons (Fsp3) is 0.235. The van der Waals surface area contributed by atoms with Gasteiger partial charge in [-0.15, -0.1) is 0 Å². The highest BCUT2D eigenvalue weighted by molar-refractivity contribution is 5.94. The second-order valence-corrected chi connectivity index (χ2v) is 4.73. The van der Waals surface area contributed by atoms with Crippen LogP contribution in [0.4, 0.5) is 5.69 Å². The number of carboxylic acids is 1. The van der Waals surface area contributed by atoms with Gasteiger partial charge in [-0.05, 0) is 24.1 Å². The van der Waals surface area contributed by atoms with Crippen LogP contribution in [0.1, 0.15) is 35.3 Å². The van der Waals surface area contributed by atoms with Gasteiger partial charge in [-0.2, -0.15) is 0 Å². The van der Waals surface area contributed by atoms with Crippen molar-refractivity contribution in [2.24, 2.45) is 0 Å². The standard InChI is InChI=1S/C17H19NO3/c1-3-15(12-7-5-4-6-8-12)18-16-11-13(21-2)9-10-14(16)17(19)20/h4-11,15,18H,3H2,1-2H3,(H,19,20). The number of nitrogens with one attached hydrogen (secondary N) is 1. The van der Waals surface area contributed by atoms with Crippen LogP contribution in [0.15, 0.2) is 48.5 Å². The van der Waals surface area contributed by atoms with Crippen molar-refractivity contribution >= 4 is 11.7 Å². The van der Waals surface area contributed by atoms with Crippen LogP contribution in [0.5, 0.6) is 5.75 Å². The summed E-state index contributed by atoms with van der Waals surface area (Å²) in [7, 11) is 1.56. The fourth-order valence-electron chi connectivity index (χ4n) is 2.25. The second kappa shape index (κ2) is 6.79. The molecule has 0 heterocycles. The quantitative estimate of drug-likeness (QED) is 0.843. The van der Waals surface area contributed by atoms with Crippen molar-refractivity contribution in [1.29, 1.82) is 0 Å². The maximum atomic E-state index is 11.3. The highest BCUT2D eigenvalue weighted by atomic mass is 16.5. The first-order valence-corrected chi connectivity index (χ1v) is 6.88. The Balaban J connectivity index is 2.34. The Morgan fingerprint density at radius 2 is 1.95 bits per heavy atom. The van der Waals surface area contributed by atoms with E-state index in [9.17, 15) is 9.90 Å². The van der Waals surface area contributed by atoms with Crippen LogP contribution >= 0.6 is 0 Å². The molecule has 2 aromatic carbocycles. The lowest BCUT2D eigenvalue weighted by Gasteiger charge is -2.20. The molecule has 0 aliphatic carbocycles. The minimum Gasteiger partial charge on any atom is -0.497 e. The monoisotopic (exact) mass is 285 g/mol. The van der Waals surface area contributed by atoms with Crippen molar-refractivity contribution < 1.29 is 14.6 Å². The fourth-order valence-corrected chi connectivity index (χ4v) is 2.25. The van der Waals surface area contributed by atoms with E-state index in [0.29, 0.717) is 11.4 Å². The maximum absolute atomic E-state index is 11.3. The van der Waals surface area contributed by atoms with E-state index in [1.807, 2.05) is 30.3 Å². The summed E-state index contributed by atoms with van der Waals surface area (Å²) < 4.78 is 5.18. The van der Waals surface area contributed by atoms with E-state index >= 15 is 0 Å². The topological polar surface area (TPSA) is 58.6 Å². The van der Waals surface area contributed by atoms with E-state index in [2.05, 4.69) is 12.2 Å². The van der Waals surface area contributed by atoms with Crippen LogP contribution in [0.2, 0.25) is 0 Å². The van der Waals surface area contributed by atoms with E-state index in [0.717, 1.165) is 12.0 Å². The molecule has 1 atom stereocenters.